The second-order valence-corrected chi connectivity index (χ2v) is 9.58. The van der Waals surface area contributed by atoms with Gasteiger partial charge in [0.2, 0.25) is 0 Å². The van der Waals surface area contributed by atoms with Crippen LogP contribution in [0.25, 0.3) is 21.5 Å². The van der Waals surface area contributed by atoms with Crippen molar-refractivity contribution >= 4 is 56.6 Å². The molecule has 0 aliphatic rings. The second-order valence-electron chi connectivity index (χ2n) is 6.50. The van der Waals surface area contributed by atoms with Gasteiger partial charge in [0.25, 0.3) is 5.56 Å². The van der Waals surface area contributed by atoms with Gasteiger partial charge in [-0.1, -0.05) is 42.1 Å². The van der Waals surface area contributed by atoms with Crippen LogP contribution in [0.5, 0.6) is 0 Å². The minimum atomic E-state index is -0.626. The maximum absolute atomic E-state index is 12.8. The van der Waals surface area contributed by atoms with Crippen molar-refractivity contribution in [3.8, 4) is 11.3 Å². The van der Waals surface area contributed by atoms with Gasteiger partial charge in [0.05, 0.1) is 37.5 Å². The second kappa shape index (κ2) is 9.63. The number of aromatic nitrogens is 3. The lowest BCUT2D eigenvalue weighted by atomic mass is 10.1. The van der Waals surface area contributed by atoms with Crippen molar-refractivity contribution in [3.05, 3.63) is 62.3 Å². The Morgan fingerprint density at radius 3 is 2.62 bits per heavy atom. The van der Waals surface area contributed by atoms with Crippen molar-refractivity contribution in [2.45, 2.75) is 16.5 Å². The number of carbonyl (C=O) groups excluding carboxylic acids is 2. The third kappa shape index (κ3) is 4.59. The molecule has 0 spiro atoms. The summed E-state index contributed by atoms with van der Waals surface area (Å²) in [5.41, 5.74) is 1.78. The standard InChI is InChI=1S/C21H17N3O5S3/c1-28-15(25)8-12-16-18(26)23-14(24-19(16)32-17(12)20(27)29-2)10-31-21-22-13(9-30-21)11-6-4-3-5-7-11/h3-7,9H,8,10H2,1-2H3,(H,23,24,26). The first-order valence-electron chi connectivity index (χ1n) is 9.33. The highest BCUT2D eigenvalue weighted by molar-refractivity contribution is 8.00. The van der Waals surface area contributed by atoms with Crippen LogP contribution in [-0.4, -0.2) is 41.1 Å². The number of methoxy groups -OCH3 is 2. The van der Waals surface area contributed by atoms with Crippen LogP contribution < -0.4 is 5.56 Å². The van der Waals surface area contributed by atoms with Crippen LogP contribution in [0.15, 0.2) is 44.8 Å². The average Bonchev–Trinajstić information content (AvgIpc) is 3.43. The summed E-state index contributed by atoms with van der Waals surface area (Å²) in [6.07, 6.45) is -0.221. The molecule has 1 N–H and O–H groups in total. The Morgan fingerprint density at radius 1 is 1.12 bits per heavy atom. The van der Waals surface area contributed by atoms with Crippen LogP contribution in [0.4, 0.5) is 0 Å². The number of rotatable bonds is 7. The van der Waals surface area contributed by atoms with Crippen molar-refractivity contribution < 1.29 is 19.1 Å². The van der Waals surface area contributed by atoms with Gasteiger partial charge in [-0.3, -0.25) is 9.59 Å². The number of carbonyl (C=O) groups is 2. The lowest BCUT2D eigenvalue weighted by Crippen LogP contribution is -2.15. The summed E-state index contributed by atoms with van der Waals surface area (Å²) in [7, 11) is 2.49. The molecule has 0 radical (unpaired) electrons. The van der Waals surface area contributed by atoms with E-state index in [1.165, 1.54) is 37.3 Å². The highest BCUT2D eigenvalue weighted by Gasteiger charge is 2.24. The monoisotopic (exact) mass is 487 g/mol. The Morgan fingerprint density at radius 2 is 1.91 bits per heavy atom. The molecule has 0 aliphatic heterocycles. The van der Waals surface area contributed by atoms with E-state index in [1.807, 2.05) is 35.7 Å². The molecular formula is C21H17N3O5S3. The molecule has 0 saturated heterocycles. The number of hydrogen-bond acceptors (Lipinski definition) is 10. The molecule has 164 valence electrons. The number of thiophene rings is 1. The quantitative estimate of drug-likeness (QED) is 0.309. The zero-order chi connectivity index (χ0) is 22.7. The molecule has 0 unspecified atom stereocenters. The summed E-state index contributed by atoms with van der Waals surface area (Å²) < 4.78 is 10.3. The van der Waals surface area contributed by atoms with Gasteiger partial charge >= 0.3 is 11.9 Å². The molecule has 11 heteroatoms. The van der Waals surface area contributed by atoms with Gasteiger partial charge in [-0.25, -0.2) is 14.8 Å². The van der Waals surface area contributed by atoms with Gasteiger partial charge in [-0.05, 0) is 0 Å². The molecule has 0 atom stereocenters. The van der Waals surface area contributed by atoms with Crippen molar-refractivity contribution in [1.29, 1.82) is 0 Å². The van der Waals surface area contributed by atoms with E-state index in [-0.39, 0.29) is 22.2 Å². The van der Waals surface area contributed by atoms with E-state index < -0.39 is 17.5 Å². The largest absolute Gasteiger partial charge is 0.469 e. The van der Waals surface area contributed by atoms with E-state index >= 15 is 0 Å². The predicted octanol–water partition coefficient (Wildman–Crippen LogP) is 3.90. The summed E-state index contributed by atoms with van der Waals surface area (Å²) in [4.78, 5) is 49.2. The number of nitrogens with zero attached hydrogens (tertiary/aromatic N) is 2. The molecule has 4 aromatic rings. The summed E-state index contributed by atoms with van der Waals surface area (Å²) in [6, 6.07) is 9.87. The fourth-order valence-corrected chi connectivity index (χ4v) is 5.85. The fraction of sp³-hybridized carbons (Fsp3) is 0.190. The first-order valence-corrected chi connectivity index (χ1v) is 12.0. The third-order valence-electron chi connectivity index (χ3n) is 4.51. The summed E-state index contributed by atoms with van der Waals surface area (Å²) in [5, 5.41) is 2.19. The number of thiazole rings is 1. The molecule has 32 heavy (non-hydrogen) atoms. The lowest BCUT2D eigenvalue weighted by molar-refractivity contribution is -0.139. The van der Waals surface area contributed by atoms with Crippen LogP contribution in [-0.2, 0) is 26.4 Å². The van der Waals surface area contributed by atoms with E-state index in [4.69, 9.17) is 9.47 Å². The number of ether oxygens (including phenoxy) is 2. The number of fused-ring (bicyclic) bond motifs is 1. The Kier molecular flexibility index (Phi) is 6.68. The van der Waals surface area contributed by atoms with Crippen molar-refractivity contribution in [2.24, 2.45) is 0 Å². The van der Waals surface area contributed by atoms with Gasteiger partial charge in [0.1, 0.15) is 15.5 Å². The summed E-state index contributed by atoms with van der Waals surface area (Å²) in [5.74, 6) is -0.346. The number of esters is 2. The average molecular weight is 488 g/mol. The molecule has 0 amide bonds. The molecule has 4 rings (SSSR count). The Balaban J connectivity index is 1.61. The van der Waals surface area contributed by atoms with E-state index in [9.17, 15) is 14.4 Å². The molecule has 0 saturated carbocycles. The maximum Gasteiger partial charge on any atom is 0.348 e. The first-order chi connectivity index (χ1) is 15.5. The number of H-pyrrole nitrogens is 1. The molecule has 0 fully saturated rings. The van der Waals surface area contributed by atoms with Crippen LogP contribution in [0.2, 0.25) is 0 Å². The number of thioether (sulfide) groups is 1. The fourth-order valence-electron chi connectivity index (χ4n) is 3.02. The van der Waals surface area contributed by atoms with Gasteiger partial charge in [-0.15, -0.1) is 22.7 Å². The maximum atomic E-state index is 12.8. The number of hydrogen-bond donors (Lipinski definition) is 1. The van der Waals surface area contributed by atoms with E-state index in [1.54, 1.807) is 0 Å². The van der Waals surface area contributed by atoms with Crippen molar-refractivity contribution in [1.82, 2.24) is 15.0 Å². The normalized spacial score (nSPS) is 10.9. The number of benzene rings is 1. The van der Waals surface area contributed by atoms with Gasteiger partial charge in [0, 0.05) is 16.5 Å². The number of nitrogens with one attached hydrogen (secondary N) is 1. The minimum Gasteiger partial charge on any atom is -0.469 e. The Hall–Kier alpha value is -3.02. The predicted molar refractivity (Wildman–Crippen MR) is 124 cm³/mol. The van der Waals surface area contributed by atoms with Gasteiger partial charge < -0.3 is 14.5 Å². The van der Waals surface area contributed by atoms with Crippen molar-refractivity contribution in [2.75, 3.05) is 14.2 Å². The first kappa shape index (κ1) is 22.2. The smallest absolute Gasteiger partial charge is 0.348 e. The zero-order valence-corrected chi connectivity index (χ0v) is 19.5. The van der Waals surface area contributed by atoms with Crippen LogP contribution in [0, 0.1) is 0 Å². The SMILES string of the molecule is COC(=O)Cc1c(C(=O)OC)sc2nc(CSc3nc(-c4ccccc4)cs3)[nH]c(=O)c12. The number of aromatic amines is 1. The third-order valence-corrected chi connectivity index (χ3v) is 7.65. The summed E-state index contributed by atoms with van der Waals surface area (Å²) >= 11 is 4.00. The summed E-state index contributed by atoms with van der Waals surface area (Å²) in [6.45, 7) is 0. The minimum absolute atomic E-state index is 0.170. The topological polar surface area (TPSA) is 111 Å². The molecule has 0 aliphatic carbocycles. The highest BCUT2D eigenvalue weighted by atomic mass is 32.2. The van der Waals surface area contributed by atoms with E-state index in [0.29, 0.717) is 16.4 Å². The molecule has 1 aromatic carbocycles. The Labute approximate surface area is 194 Å². The van der Waals surface area contributed by atoms with Gasteiger partial charge in [-0.2, -0.15) is 0 Å². The molecule has 3 heterocycles. The molecule has 0 bridgehead atoms. The van der Waals surface area contributed by atoms with Crippen LogP contribution >= 0.6 is 34.4 Å². The highest BCUT2D eigenvalue weighted by Crippen LogP contribution is 2.32. The molecular weight excluding hydrogens is 470 g/mol. The molecule has 8 nitrogen and oxygen atoms in total. The van der Waals surface area contributed by atoms with Crippen LogP contribution in [0.1, 0.15) is 21.1 Å². The van der Waals surface area contributed by atoms with Crippen LogP contribution in [0.3, 0.4) is 0 Å². The van der Waals surface area contributed by atoms with Gasteiger partial charge in [0.15, 0.2) is 4.34 Å². The Bertz CT molecular complexity index is 1340. The molecule has 3 aromatic heterocycles. The van der Waals surface area contributed by atoms with E-state index in [0.717, 1.165) is 26.9 Å². The lowest BCUT2D eigenvalue weighted by Gasteiger charge is -2.02. The zero-order valence-electron chi connectivity index (χ0n) is 17.0. The van der Waals surface area contributed by atoms with E-state index in [2.05, 4.69) is 15.0 Å². The van der Waals surface area contributed by atoms with Crippen molar-refractivity contribution in [3.63, 3.8) is 0 Å².